The van der Waals surface area contributed by atoms with Gasteiger partial charge in [-0.3, -0.25) is 0 Å². The molecular weight excluding hydrogens is 311 g/mol. The van der Waals surface area contributed by atoms with Crippen molar-refractivity contribution >= 4 is 11.7 Å². The number of carbonyl (C=O) groups is 1. The fourth-order valence-electron chi connectivity index (χ4n) is 2.79. The summed E-state index contributed by atoms with van der Waals surface area (Å²) in [5, 5.41) is 2.79. The lowest BCUT2D eigenvalue weighted by Crippen LogP contribution is -2.38. The maximum atomic E-state index is 12.9. The molecule has 0 unspecified atom stereocenters. The summed E-state index contributed by atoms with van der Waals surface area (Å²) >= 11 is 0. The Morgan fingerprint density at radius 2 is 1.71 bits per heavy atom. The third kappa shape index (κ3) is 3.27. The number of fused-ring (bicyclic) bond motifs is 1. The molecule has 0 spiro atoms. The first-order chi connectivity index (χ1) is 11.6. The van der Waals surface area contributed by atoms with Gasteiger partial charge < -0.3 is 19.7 Å². The lowest BCUT2D eigenvalue weighted by atomic mass is 9.99. The zero-order valence-electron chi connectivity index (χ0n) is 13.6. The van der Waals surface area contributed by atoms with Crippen molar-refractivity contribution in [1.82, 2.24) is 4.90 Å². The highest BCUT2D eigenvalue weighted by atomic mass is 19.1. The van der Waals surface area contributed by atoms with Gasteiger partial charge in [0.05, 0.1) is 14.2 Å². The van der Waals surface area contributed by atoms with Gasteiger partial charge in [0.2, 0.25) is 0 Å². The van der Waals surface area contributed by atoms with Crippen LogP contribution < -0.4 is 14.8 Å². The summed E-state index contributed by atoms with van der Waals surface area (Å²) in [6, 6.07) is 9.38. The fourth-order valence-corrected chi connectivity index (χ4v) is 2.79. The SMILES string of the molecule is COc1cc2c(cc1OC)CN(C(=O)Nc1ccc(F)cc1)CC2. The van der Waals surface area contributed by atoms with Crippen LogP contribution in [0.25, 0.3) is 0 Å². The van der Waals surface area contributed by atoms with E-state index in [-0.39, 0.29) is 11.8 Å². The van der Waals surface area contributed by atoms with Crippen LogP contribution in [0.5, 0.6) is 11.5 Å². The minimum atomic E-state index is -0.332. The monoisotopic (exact) mass is 330 g/mol. The van der Waals surface area contributed by atoms with Crippen LogP contribution in [0, 0.1) is 5.82 Å². The molecule has 6 heteroatoms. The maximum Gasteiger partial charge on any atom is 0.322 e. The van der Waals surface area contributed by atoms with Gasteiger partial charge in [-0.2, -0.15) is 0 Å². The highest BCUT2D eigenvalue weighted by molar-refractivity contribution is 5.89. The molecule has 0 saturated carbocycles. The van der Waals surface area contributed by atoms with Gasteiger partial charge in [-0.15, -0.1) is 0 Å². The molecule has 0 saturated heterocycles. The molecule has 2 amide bonds. The molecule has 0 atom stereocenters. The maximum absolute atomic E-state index is 12.9. The van der Waals surface area contributed by atoms with Crippen molar-refractivity contribution in [3.05, 3.63) is 53.3 Å². The molecule has 1 aliphatic rings. The Bertz CT molecular complexity index is 747. The Morgan fingerprint density at radius 1 is 1.08 bits per heavy atom. The standard InChI is InChI=1S/C18H19FN2O3/c1-23-16-9-12-7-8-21(11-13(12)10-17(16)24-2)18(22)20-15-5-3-14(19)4-6-15/h3-6,9-10H,7-8,11H2,1-2H3,(H,20,22). The highest BCUT2D eigenvalue weighted by Gasteiger charge is 2.22. The number of nitrogens with one attached hydrogen (secondary N) is 1. The van der Waals surface area contributed by atoms with Crippen molar-refractivity contribution < 1.29 is 18.7 Å². The smallest absolute Gasteiger partial charge is 0.322 e. The molecule has 2 aromatic rings. The van der Waals surface area contributed by atoms with E-state index in [9.17, 15) is 9.18 Å². The number of hydrogen-bond acceptors (Lipinski definition) is 3. The molecule has 3 rings (SSSR count). The highest BCUT2D eigenvalue weighted by Crippen LogP contribution is 2.33. The van der Waals surface area contributed by atoms with Gasteiger partial charge in [-0.25, -0.2) is 9.18 Å². The molecule has 1 N–H and O–H groups in total. The molecule has 1 aliphatic heterocycles. The first-order valence-corrected chi connectivity index (χ1v) is 7.66. The number of rotatable bonds is 3. The van der Waals surface area contributed by atoms with E-state index >= 15 is 0 Å². The van der Waals surface area contributed by atoms with Crippen LogP contribution in [0.15, 0.2) is 36.4 Å². The summed E-state index contributed by atoms with van der Waals surface area (Å²) in [7, 11) is 3.20. The zero-order chi connectivity index (χ0) is 17.1. The zero-order valence-corrected chi connectivity index (χ0v) is 13.6. The predicted octanol–water partition coefficient (Wildman–Crippen LogP) is 3.43. The van der Waals surface area contributed by atoms with E-state index in [4.69, 9.17) is 9.47 Å². The molecule has 0 aromatic heterocycles. The number of halogens is 1. The number of urea groups is 1. The van der Waals surface area contributed by atoms with E-state index in [0.29, 0.717) is 30.3 Å². The van der Waals surface area contributed by atoms with Gasteiger partial charge in [-0.1, -0.05) is 0 Å². The van der Waals surface area contributed by atoms with E-state index in [1.54, 1.807) is 31.3 Å². The summed E-state index contributed by atoms with van der Waals surface area (Å²) in [6.45, 7) is 1.10. The number of carbonyl (C=O) groups excluding carboxylic acids is 1. The van der Waals surface area contributed by atoms with Crippen molar-refractivity contribution in [2.75, 3.05) is 26.1 Å². The lowest BCUT2D eigenvalue weighted by molar-refractivity contribution is 0.206. The van der Waals surface area contributed by atoms with Gasteiger partial charge in [-0.05, 0) is 53.9 Å². The molecule has 2 aromatic carbocycles. The normalized spacial score (nSPS) is 13.2. The Labute approximate surface area is 140 Å². The molecule has 24 heavy (non-hydrogen) atoms. The van der Waals surface area contributed by atoms with Gasteiger partial charge in [0.15, 0.2) is 11.5 Å². The van der Waals surface area contributed by atoms with Gasteiger partial charge in [0, 0.05) is 18.8 Å². The van der Waals surface area contributed by atoms with Gasteiger partial charge in [0.1, 0.15) is 5.82 Å². The van der Waals surface area contributed by atoms with Gasteiger partial charge in [0.25, 0.3) is 0 Å². The molecule has 5 nitrogen and oxygen atoms in total. The Kier molecular flexibility index (Phi) is 4.55. The molecular formula is C18H19FN2O3. The van der Waals surface area contributed by atoms with Crippen molar-refractivity contribution in [1.29, 1.82) is 0 Å². The minimum Gasteiger partial charge on any atom is -0.493 e. The number of nitrogens with zero attached hydrogens (tertiary/aromatic N) is 1. The third-order valence-electron chi connectivity index (χ3n) is 4.10. The van der Waals surface area contributed by atoms with E-state index < -0.39 is 0 Å². The van der Waals surface area contributed by atoms with E-state index in [2.05, 4.69) is 5.32 Å². The van der Waals surface area contributed by atoms with Crippen LogP contribution in [-0.4, -0.2) is 31.7 Å². The molecule has 0 radical (unpaired) electrons. The van der Waals surface area contributed by atoms with E-state index in [1.807, 2.05) is 12.1 Å². The summed E-state index contributed by atoms with van der Waals surface area (Å²) in [5.74, 6) is 1.01. The van der Waals surface area contributed by atoms with Crippen LogP contribution >= 0.6 is 0 Å². The second-order valence-electron chi connectivity index (χ2n) is 5.58. The van der Waals surface area contributed by atoms with Crippen molar-refractivity contribution in [3.8, 4) is 11.5 Å². The van der Waals surface area contributed by atoms with E-state index in [0.717, 1.165) is 17.5 Å². The Morgan fingerprint density at radius 3 is 2.33 bits per heavy atom. The van der Waals surface area contributed by atoms with Crippen molar-refractivity contribution in [3.63, 3.8) is 0 Å². The third-order valence-corrected chi connectivity index (χ3v) is 4.10. The summed E-state index contributed by atoms with van der Waals surface area (Å²) in [4.78, 5) is 14.1. The largest absolute Gasteiger partial charge is 0.493 e. The predicted molar refractivity (Wildman–Crippen MR) is 89.1 cm³/mol. The quantitative estimate of drug-likeness (QED) is 0.938. The van der Waals surface area contributed by atoms with Crippen LogP contribution in [0.4, 0.5) is 14.9 Å². The van der Waals surface area contributed by atoms with Crippen LogP contribution in [-0.2, 0) is 13.0 Å². The average molecular weight is 330 g/mol. The topological polar surface area (TPSA) is 50.8 Å². The first-order valence-electron chi connectivity index (χ1n) is 7.66. The lowest BCUT2D eigenvalue weighted by Gasteiger charge is -2.29. The first kappa shape index (κ1) is 16.1. The van der Waals surface area contributed by atoms with Gasteiger partial charge >= 0.3 is 6.03 Å². The second-order valence-corrected chi connectivity index (χ2v) is 5.58. The molecule has 126 valence electrons. The van der Waals surface area contributed by atoms with Crippen molar-refractivity contribution in [2.45, 2.75) is 13.0 Å². The van der Waals surface area contributed by atoms with E-state index in [1.165, 1.54) is 12.1 Å². The number of ether oxygens (including phenoxy) is 2. The summed E-state index contributed by atoms with van der Waals surface area (Å²) in [6.07, 6.45) is 0.743. The number of benzene rings is 2. The molecule has 0 fully saturated rings. The molecule has 0 aliphatic carbocycles. The van der Waals surface area contributed by atoms with Crippen molar-refractivity contribution in [2.24, 2.45) is 0 Å². The second kappa shape index (κ2) is 6.78. The number of anilines is 1. The van der Waals surface area contributed by atoms with Crippen LogP contribution in [0.1, 0.15) is 11.1 Å². The average Bonchev–Trinajstić information content (AvgIpc) is 2.61. The number of hydrogen-bond donors (Lipinski definition) is 1. The van der Waals surface area contributed by atoms with Crippen LogP contribution in [0.3, 0.4) is 0 Å². The Balaban J connectivity index is 1.74. The number of amides is 2. The number of methoxy groups -OCH3 is 2. The minimum absolute atomic E-state index is 0.206. The van der Waals surface area contributed by atoms with Crippen LogP contribution in [0.2, 0.25) is 0 Å². The molecule has 1 heterocycles. The Hall–Kier alpha value is -2.76. The fraction of sp³-hybridized carbons (Fsp3) is 0.278. The molecule has 0 bridgehead atoms. The summed E-state index contributed by atoms with van der Waals surface area (Å²) in [5.41, 5.74) is 2.76. The summed E-state index contributed by atoms with van der Waals surface area (Å²) < 4.78 is 23.6.